The Morgan fingerprint density at radius 3 is 2.63 bits per heavy atom. The number of carbonyl (C=O) groups is 2. The van der Waals surface area contributed by atoms with E-state index in [2.05, 4.69) is 26.5 Å². The van der Waals surface area contributed by atoms with Crippen LogP contribution in [0.4, 0.5) is 5.69 Å². The van der Waals surface area contributed by atoms with Gasteiger partial charge in [-0.05, 0) is 61.0 Å². The fourth-order valence-electron chi connectivity index (χ4n) is 2.83. The number of ether oxygens (including phenoxy) is 1. The number of halogens is 1. The molecule has 1 N–H and O–H groups in total. The van der Waals surface area contributed by atoms with E-state index in [0.717, 1.165) is 21.5 Å². The zero-order valence-electron chi connectivity index (χ0n) is 14.9. The van der Waals surface area contributed by atoms with E-state index in [1.54, 1.807) is 11.1 Å². The first kappa shape index (κ1) is 19.1. The maximum Gasteiger partial charge on any atom is 0.245 e. The number of hydrazone groups is 1. The highest BCUT2D eigenvalue weighted by atomic mass is 79.9. The van der Waals surface area contributed by atoms with Crippen LogP contribution in [-0.2, 0) is 9.59 Å². The molecule has 0 radical (unpaired) electrons. The van der Waals surface area contributed by atoms with Crippen LogP contribution in [0.3, 0.4) is 0 Å². The van der Waals surface area contributed by atoms with Gasteiger partial charge < -0.3 is 9.64 Å². The van der Waals surface area contributed by atoms with Crippen molar-refractivity contribution in [3.8, 4) is 5.75 Å². The van der Waals surface area contributed by atoms with Crippen molar-refractivity contribution >= 4 is 39.6 Å². The Labute approximate surface area is 166 Å². The highest BCUT2D eigenvalue weighted by Crippen LogP contribution is 2.26. The zero-order valence-corrected chi connectivity index (χ0v) is 16.5. The van der Waals surface area contributed by atoms with E-state index < -0.39 is 5.92 Å². The fraction of sp³-hybridized carbons (Fsp3) is 0.250. The van der Waals surface area contributed by atoms with Crippen molar-refractivity contribution in [3.05, 3.63) is 58.6 Å². The lowest BCUT2D eigenvalue weighted by atomic mass is 10.1. The van der Waals surface area contributed by atoms with Crippen molar-refractivity contribution in [2.75, 3.05) is 18.1 Å². The van der Waals surface area contributed by atoms with E-state index in [9.17, 15) is 9.59 Å². The van der Waals surface area contributed by atoms with Crippen molar-refractivity contribution in [2.24, 2.45) is 11.0 Å². The van der Waals surface area contributed by atoms with Gasteiger partial charge in [0.1, 0.15) is 5.75 Å². The Balaban J connectivity index is 1.55. The molecule has 1 atom stereocenters. The van der Waals surface area contributed by atoms with E-state index in [-0.39, 0.29) is 18.2 Å². The number of nitrogens with zero attached hydrogens (tertiary/aromatic N) is 2. The molecule has 6 nitrogen and oxygen atoms in total. The second kappa shape index (κ2) is 8.81. The van der Waals surface area contributed by atoms with Gasteiger partial charge in [0.05, 0.1) is 18.7 Å². The number of carbonyl (C=O) groups excluding carboxylic acids is 2. The summed E-state index contributed by atoms with van der Waals surface area (Å²) in [5.41, 5.74) is 4.16. The number of hydrogen-bond acceptors (Lipinski definition) is 4. The number of amides is 2. The van der Waals surface area contributed by atoms with E-state index in [4.69, 9.17) is 4.74 Å². The molecule has 0 aliphatic carbocycles. The summed E-state index contributed by atoms with van der Waals surface area (Å²) in [4.78, 5) is 26.2. The largest absolute Gasteiger partial charge is 0.494 e. The van der Waals surface area contributed by atoms with Crippen molar-refractivity contribution in [2.45, 2.75) is 13.3 Å². The molecule has 7 heteroatoms. The molecule has 0 saturated carbocycles. The van der Waals surface area contributed by atoms with Crippen LogP contribution in [0.5, 0.6) is 5.75 Å². The van der Waals surface area contributed by atoms with Crippen LogP contribution in [-0.4, -0.2) is 31.2 Å². The van der Waals surface area contributed by atoms with Crippen LogP contribution in [0.2, 0.25) is 0 Å². The van der Waals surface area contributed by atoms with Crippen molar-refractivity contribution < 1.29 is 14.3 Å². The van der Waals surface area contributed by atoms with Crippen LogP contribution in [0.25, 0.3) is 0 Å². The number of hydrogen-bond donors (Lipinski definition) is 1. The monoisotopic (exact) mass is 429 g/mol. The topological polar surface area (TPSA) is 71.0 Å². The van der Waals surface area contributed by atoms with E-state index in [1.807, 2.05) is 55.5 Å². The lowest BCUT2D eigenvalue weighted by Crippen LogP contribution is -2.30. The van der Waals surface area contributed by atoms with Crippen LogP contribution in [0, 0.1) is 5.92 Å². The molecule has 2 aromatic carbocycles. The Morgan fingerprint density at radius 1 is 1.26 bits per heavy atom. The molecule has 0 aromatic heterocycles. The lowest BCUT2D eigenvalue weighted by molar-refractivity contribution is -0.126. The smallest absolute Gasteiger partial charge is 0.245 e. The predicted octanol–water partition coefficient (Wildman–Crippen LogP) is 3.35. The first-order valence-corrected chi connectivity index (χ1v) is 9.48. The van der Waals surface area contributed by atoms with Crippen LogP contribution in [0.15, 0.2) is 58.1 Å². The summed E-state index contributed by atoms with van der Waals surface area (Å²) in [7, 11) is 0. The number of rotatable bonds is 6. The van der Waals surface area contributed by atoms with E-state index >= 15 is 0 Å². The van der Waals surface area contributed by atoms with Gasteiger partial charge in [-0.25, -0.2) is 5.43 Å². The van der Waals surface area contributed by atoms with Gasteiger partial charge in [-0.15, -0.1) is 0 Å². The molecule has 1 heterocycles. The Morgan fingerprint density at radius 2 is 1.96 bits per heavy atom. The standard InChI is InChI=1S/C20H20BrN3O3/c1-2-27-18-9-3-14(4-10-18)12-22-23-20(26)15-11-19(25)24(13-15)17-7-5-16(21)6-8-17/h3-10,12,15H,2,11,13H2,1H3,(H,23,26)/b22-12-. The summed E-state index contributed by atoms with van der Waals surface area (Å²) in [6.45, 7) is 2.89. The highest BCUT2D eigenvalue weighted by molar-refractivity contribution is 9.10. The Kier molecular flexibility index (Phi) is 6.24. The molecule has 27 heavy (non-hydrogen) atoms. The molecule has 2 amide bonds. The lowest BCUT2D eigenvalue weighted by Gasteiger charge is -2.16. The summed E-state index contributed by atoms with van der Waals surface area (Å²) in [6.07, 6.45) is 1.75. The fourth-order valence-corrected chi connectivity index (χ4v) is 3.10. The third-order valence-electron chi connectivity index (χ3n) is 4.21. The van der Waals surface area contributed by atoms with Gasteiger partial charge in [0.25, 0.3) is 0 Å². The Bertz CT molecular complexity index is 835. The second-order valence-corrected chi connectivity index (χ2v) is 7.03. The molecule has 3 rings (SSSR count). The zero-order chi connectivity index (χ0) is 19.2. The third kappa shape index (κ3) is 4.95. The van der Waals surface area contributed by atoms with Crippen LogP contribution >= 0.6 is 15.9 Å². The summed E-state index contributed by atoms with van der Waals surface area (Å²) >= 11 is 3.37. The molecule has 1 unspecified atom stereocenters. The molecule has 0 bridgehead atoms. The highest BCUT2D eigenvalue weighted by Gasteiger charge is 2.35. The maximum absolute atomic E-state index is 12.3. The first-order chi connectivity index (χ1) is 13.1. The molecule has 1 saturated heterocycles. The van der Waals surface area contributed by atoms with Gasteiger partial charge in [-0.1, -0.05) is 15.9 Å². The van der Waals surface area contributed by atoms with Crippen LogP contribution in [0.1, 0.15) is 18.9 Å². The third-order valence-corrected chi connectivity index (χ3v) is 4.74. The second-order valence-electron chi connectivity index (χ2n) is 6.12. The number of anilines is 1. The van der Waals surface area contributed by atoms with Crippen molar-refractivity contribution in [3.63, 3.8) is 0 Å². The molecule has 2 aromatic rings. The van der Waals surface area contributed by atoms with E-state index in [1.165, 1.54) is 0 Å². The number of nitrogens with one attached hydrogen (secondary N) is 1. The van der Waals surface area contributed by atoms with Gasteiger partial charge in [0.15, 0.2) is 0 Å². The molecule has 0 spiro atoms. The molecule has 140 valence electrons. The minimum Gasteiger partial charge on any atom is -0.494 e. The van der Waals surface area contributed by atoms with Gasteiger partial charge in [-0.3, -0.25) is 9.59 Å². The molecule has 1 aliphatic heterocycles. The Hall–Kier alpha value is -2.67. The SMILES string of the molecule is CCOc1ccc(/C=N\NC(=O)C2CC(=O)N(c3ccc(Br)cc3)C2)cc1. The van der Waals surface area contributed by atoms with Gasteiger partial charge in [0, 0.05) is 23.1 Å². The maximum atomic E-state index is 12.3. The van der Waals surface area contributed by atoms with Gasteiger partial charge in [-0.2, -0.15) is 5.10 Å². The van der Waals surface area contributed by atoms with Crippen molar-refractivity contribution in [1.29, 1.82) is 0 Å². The molecule has 1 aliphatic rings. The average Bonchev–Trinajstić information content (AvgIpc) is 3.06. The predicted molar refractivity (Wildman–Crippen MR) is 108 cm³/mol. The van der Waals surface area contributed by atoms with Gasteiger partial charge >= 0.3 is 0 Å². The average molecular weight is 430 g/mol. The summed E-state index contributed by atoms with van der Waals surface area (Å²) in [5.74, 6) is 0.0490. The minimum atomic E-state index is -0.418. The molecular weight excluding hydrogens is 410 g/mol. The molecular formula is C20H20BrN3O3. The molecule has 1 fully saturated rings. The quantitative estimate of drug-likeness (QED) is 0.565. The minimum absolute atomic E-state index is 0.0621. The van der Waals surface area contributed by atoms with Crippen molar-refractivity contribution in [1.82, 2.24) is 5.43 Å². The first-order valence-electron chi connectivity index (χ1n) is 8.68. The summed E-state index contributed by atoms with van der Waals surface area (Å²) in [6, 6.07) is 14.9. The normalized spacial score (nSPS) is 16.7. The van der Waals surface area contributed by atoms with Crippen LogP contribution < -0.4 is 15.1 Å². The number of benzene rings is 2. The van der Waals surface area contributed by atoms with Gasteiger partial charge in [0.2, 0.25) is 11.8 Å². The van der Waals surface area contributed by atoms with E-state index in [0.29, 0.717) is 13.2 Å². The summed E-state index contributed by atoms with van der Waals surface area (Å²) < 4.78 is 6.32. The summed E-state index contributed by atoms with van der Waals surface area (Å²) in [5, 5.41) is 3.99.